The molecule has 2 unspecified atom stereocenters. The van der Waals surface area contributed by atoms with Gasteiger partial charge in [-0.15, -0.1) is 0 Å². The van der Waals surface area contributed by atoms with Crippen LogP contribution in [0.25, 0.3) is 0 Å². The number of nitrogens with zero attached hydrogens (tertiary/aromatic N) is 1. The van der Waals surface area contributed by atoms with Crippen molar-refractivity contribution in [2.75, 3.05) is 18.0 Å². The smallest absolute Gasteiger partial charge is 0.252 e. The van der Waals surface area contributed by atoms with Gasteiger partial charge in [-0.05, 0) is 25.0 Å². The van der Waals surface area contributed by atoms with E-state index in [4.69, 9.17) is 17.3 Å². The summed E-state index contributed by atoms with van der Waals surface area (Å²) in [7, 11) is 0. The fourth-order valence-electron chi connectivity index (χ4n) is 2.79. The van der Waals surface area contributed by atoms with E-state index in [1.165, 1.54) is 0 Å². The Kier molecular flexibility index (Phi) is 4.89. The number of benzene rings is 1. The lowest BCUT2D eigenvalue weighted by Crippen LogP contribution is -2.56. The van der Waals surface area contributed by atoms with Crippen molar-refractivity contribution in [2.45, 2.75) is 38.8 Å². The Bertz CT molecular complexity index is 492. The van der Waals surface area contributed by atoms with Crippen molar-refractivity contribution in [3.8, 4) is 0 Å². The minimum atomic E-state index is -0.466. The molecule has 3 N–H and O–H groups in total. The Morgan fingerprint density at radius 1 is 1.45 bits per heavy atom. The Morgan fingerprint density at radius 3 is 2.80 bits per heavy atom. The van der Waals surface area contributed by atoms with Crippen molar-refractivity contribution >= 4 is 23.2 Å². The summed E-state index contributed by atoms with van der Waals surface area (Å²) in [5.41, 5.74) is 6.80. The molecule has 4 nitrogen and oxygen atoms in total. The van der Waals surface area contributed by atoms with Gasteiger partial charge in [0.25, 0.3) is 5.91 Å². The zero-order chi connectivity index (χ0) is 14.7. The molecule has 1 aliphatic rings. The SMILES string of the molecule is CCC1CN(c2cccc(Cl)c2C(N)=O)C(CC)CN1. The van der Waals surface area contributed by atoms with Crippen molar-refractivity contribution < 1.29 is 4.79 Å². The standard InChI is InChI=1S/C15H22ClN3O/c1-3-10-9-19(11(4-2)8-18-10)13-7-5-6-12(16)14(13)15(17)20/h5-7,10-11,18H,3-4,8-9H2,1-2H3,(H2,17,20). The molecule has 1 aromatic carbocycles. The summed E-state index contributed by atoms with van der Waals surface area (Å²) in [6.45, 7) is 6.10. The molecule has 1 fully saturated rings. The summed E-state index contributed by atoms with van der Waals surface area (Å²) in [6.07, 6.45) is 2.06. The Hall–Kier alpha value is -1.26. The summed E-state index contributed by atoms with van der Waals surface area (Å²) >= 11 is 6.16. The number of rotatable bonds is 4. The van der Waals surface area contributed by atoms with Crippen molar-refractivity contribution in [3.63, 3.8) is 0 Å². The fraction of sp³-hybridized carbons (Fsp3) is 0.533. The average molecular weight is 296 g/mol. The number of hydrogen-bond donors (Lipinski definition) is 2. The first-order valence-corrected chi connectivity index (χ1v) is 7.54. The molecule has 1 aromatic rings. The molecule has 1 saturated heterocycles. The van der Waals surface area contributed by atoms with Crippen molar-refractivity contribution in [1.29, 1.82) is 0 Å². The number of hydrogen-bond acceptors (Lipinski definition) is 3. The van der Waals surface area contributed by atoms with Crippen LogP contribution < -0.4 is 16.0 Å². The highest BCUT2D eigenvalue weighted by Crippen LogP contribution is 2.30. The van der Waals surface area contributed by atoms with Gasteiger partial charge in [0, 0.05) is 25.2 Å². The molecule has 1 aliphatic heterocycles. The maximum atomic E-state index is 11.7. The predicted molar refractivity (Wildman–Crippen MR) is 83.5 cm³/mol. The lowest BCUT2D eigenvalue weighted by Gasteiger charge is -2.42. The number of nitrogens with one attached hydrogen (secondary N) is 1. The quantitative estimate of drug-likeness (QED) is 0.897. The van der Waals surface area contributed by atoms with Gasteiger partial charge in [0.2, 0.25) is 0 Å². The van der Waals surface area contributed by atoms with Gasteiger partial charge in [-0.1, -0.05) is 31.5 Å². The molecule has 0 saturated carbocycles. The minimum Gasteiger partial charge on any atom is -0.365 e. The number of amides is 1. The molecule has 2 rings (SSSR count). The van der Waals surface area contributed by atoms with E-state index in [1.807, 2.05) is 12.1 Å². The minimum absolute atomic E-state index is 0.356. The molecular weight excluding hydrogens is 274 g/mol. The summed E-state index contributed by atoms with van der Waals surface area (Å²) in [5.74, 6) is -0.466. The van der Waals surface area contributed by atoms with Crippen LogP contribution in [0.1, 0.15) is 37.0 Å². The number of carbonyl (C=O) groups is 1. The number of anilines is 1. The van der Waals surface area contributed by atoms with E-state index in [0.29, 0.717) is 22.7 Å². The van der Waals surface area contributed by atoms with Crippen molar-refractivity contribution in [1.82, 2.24) is 5.32 Å². The Labute approximate surface area is 125 Å². The molecule has 20 heavy (non-hydrogen) atoms. The molecule has 110 valence electrons. The lowest BCUT2D eigenvalue weighted by atomic mass is 10.0. The molecule has 1 amide bonds. The maximum Gasteiger partial charge on any atom is 0.252 e. The third-order valence-electron chi connectivity index (χ3n) is 4.01. The molecule has 0 spiro atoms. The second kappa shape index (κ2) is 6.46. The van der Waals surface area contributed by atoms with Crippen LogP contribution in [0, 0.1) is 0 Å². The summed E-state index contributed by atoms with van der Waals surface area (Å²) in [5, 5.41) is 3.97. The lowest BCUT2D eigenvalue weighted by molar-refractivity contribution is 0.100. The van der Waals surface area contributed by atoms with E-state index >= 15 is 0 Å². The maximum absolute atomic E-state index is 11.7. The number of carbonyl (C=O) groups excluding carboxylic acids is 1. The molecule has 2 atom stereocenters. The largest absolute Gasteiger partial charge is 0.365 e. The van der Waals surface area contributed by atoms with Gasteiger partial charge in [0.05, 0.1) is 16.3 Å². The van der Waals surface area contributed by atoms with Gasteiger partial charge in [0.15, 0.2) is 0 Å². The Morgan fingerprint density at radius 2 is 2.20 bits per heavy atom. The van der Waals surface area contributed by atoms with Crippen LogP contribution in [-0.4, -0.2) is 31.1 Å². The first-order valence-electron chi connectivity index (χ1n) is 7.16. The molecular formula is C15H22ClN3O. The third-order valence-corrected chi connectivity index (χ3v) is 4.33. The van der Waals surface area contributed by atoms with Crippen molar-refractivity contribution in [3.05, 3.63) is 28.8 Å². The van der Waals surface area contributed by atoms with E-state index in [2.05, 4.69) is 24.1 Å². The first kappa shape index (κ1) is 15.1. The summed E-state index contributed by atoms with van der Waals surface area (Å²) in [6, 6.07) is 6.31. The predicted octanol–water partition coefficient (Wildman–Crippen LogP) is 2.41. The van der Waals surface area contributed by atoms with Crippen molar-refractivity contribution in [2.24, 2.45) is 5.73 Å². The number of halogens is 1. The van der Waals surface area contributed by atoms with Gasteiger partial charge in [-0.2, -0.15) is 0 Å². The summed E-state index contributed by atoms with van der Waals surface area (Å²) < 4.78 is 0. The van der Waals surface area contributed by atoms with Crippen LogP contribution in [0.5, 0.6) is 0 Å². The highest BCUT2D eigenvalue weighted by molar-refractivity contribution is 6.34. The fourth-order valence-corrected chi connectivity index (χ4v) is 3.06. The van der Waals surface area contributed by atoms with Gasteiger partial charge < -0.3 is 16.0 Å². The zero-order valence-electron chi connectivity index (χ0n) is 12.0. The third kappa shape index (κ3) is 2.91. The number of piperazine rings is 1. The van der Waals surface area contributed by atoms with Gasteiger partial charge in [-0.3, -0.25) is 4.79 Å². The van der Waals surface area contributed by atoms with Gasteiger partial charge in [-0.25, -0.2) is 0 Å². The molecule has 0 aromatic heterocycles. The van der Waals surface area contributed by atoms with Crippen LogP contribution in [-0.2, 0) is 0 Å². The first-order chi connectivity index (χ1) is 9.58. The van der Waals surface area contributed by atoms with Gasteiger partial charge in [0.1, 0.15) is 0 Å². The van der Waals surface area contributed by atoms with Crippen LogP contribution >= 0.6 is 11.6 Å². The van der Waals surface area contributed by atoms with Crippen LogP contribution in [0.4, 0.5) is 5.69 Å². The molecule has 5 heteroatoms. The molecule has 0 aliphatic carbocycles. The van der Waals surface area contributed by atoms with E-state index in [1.54, 1.807) is 6.07 Å². The normalized spacial score (nSPS) is 22.9. The topological polar surface area (TPSA) is 58.4 Å². The second-order valence-corrected chi connectivity index (χ2v) is 5.63. The monoisotopic (exact) mass is 295 g/mol. The highest BCUT2D eigenvalue weighted by Gasteiger charge is 2.29. The van der Waals surface area contributed by atoms with E-state index in [-0.39, 0.29) is 0 Å². The van der Waals surface area contributed by atoms with E-state index in [0.717, 1.165) is 31.6 Å². The molecule has 1 heterocycles. The zero-order valence-corrected chi connectivity index (χ0v) is 12.8. The van der Waals surface area contributed by atoms with Crippen LogP contribution in [0.15, 0.2) is 18.2 Å². The van der Waals surface area contributed by atoms with Gasteiger partial charge >= 0.3 is 0 Å². The number of primary amides is 1. The summed E-state index contributed by atoms with van der Waals surface area (Å²) in [4.78, 5) is 14.0. The highest BCUT2D eigenvalue weighted by atomic mass is 35.5. The molecule has 0 bridgehead atoms. The Balaban J connectivity index is 2.41. The van der Waals surface area contributed by atoms with Crippen LogP contribution in [0.2, 0.25) is 5.02 Å². The number of nitrogens with two attached hydrogens (primary N) is 1. The van der Waals surface area contributed by atoms with Crippen LogP contribution in [0.3, 0.4) is 0 Å². The van der Waals surface area contributed by atoms with E-state index in [9.17, 15) is 4.79 Å². The molecule has 0 radical (unpaired) electrons. The van der Waals surface area contributed by atoms with E-state index < -0.39 is 5.91 Å². The average Bonchev–Trinajstić information content (AvgIpc) is 2.45. The second-order valence-electron chi connectivity index (χ2n) is 5.23.